The largest absolute Gasteiger partial charge is 0.479 e. The first-order chi connectivity index (χ1) is 14.0. The fraction of sp³-hybridized carbons (Fsp3) is 0.364. The number of para-hydroxylation sites is 2. The van der Waals surface area contributed by atoms with Crippen molar-refractivity contribution in [1.82, 2.24) is 0 Å². The zero-order valence-electron chi connectivity index (χ0n) is 16.4. The van der Waals surface area contributed by atoms with E-state index in [2.05, 4.69) is 5.32 Å². The third kappa shape index (κ3) is 4.04. The number of ether oxygens (including phenoxy) is 1. The molecule has 2 aromatic rings. The summed E-state index contributed by atoms with van der Waals surface area (Å²) in [7, 11) is 0. The molecule has 1 saturated heterocycles. The first kappa shape index (κ1) is 19.2. The standard InChI is InChI=1S/C22H24FN3O3/c1-15-22(28)26(19-6-2-3-7-20(19)29-15)13-10-21(27)24-16-8-9-18(17(23)14-16)25-11-4-5-12-25/h2-3,6-9,14-15H,4-5,10-13H2,1H3,(H,24,27). The molecule has 0 aromatic heterocycles. The molecule has 0 spiro atoms. The number of nitrogens with one attached hydrogen (secondary N) is 1. The van der Waals surface area contributed by atoms with Crippen molar-refractivity contribution in [3.63, 3.8) is 0 Å². The lowest BCUT2D eigenvalue weighted by Crippen LogP contribution is -2.45. The van der Waals surface area contributed by atoms with Gasteiger partial charge >= 0.3 is 0 Å². The van der Waals surface area contributed by atoms with Crippen molar-refractivity contribution in [2.45, 2.75) is 32.3 Å². The number of benzene rings is 2. The summed E-state index contributed by atoms with van der Waals surface area (Å²) in [5.74, 6) is -0.171. The molecule has 2 amide bonds. The van der Waals surface area contributed by atoms with Crippen LogP contribution in [0.2, 0.25) is 0 Å². The van der Waals surface area contributed by atoms with Gasteiger partial charge in [0.15, 0.2) is 6.10 Å². The van der Waals surface area contributed by atoms with E-state index < -0.39 is 6.10 Å². The Labute approximate surface area is 169 Å². The van der Waals surface area contributed by atoms with Crippen molar-refractivity contribution >= 4 is 28.9 Å². The van der Waals surface area contributed by atoms with Crippen molar-refractivity contribution < 1.29 is 18.7 Å². The van der Waals surface area contributed by atoms with Crippen LogP contribution >= 0.6 is 0 Å². The molecule has 1 N–H and O–H groups in total. The van der Waals surface area contributed by atoms with Gasteiger partial charge in [-0.2, -0.15) is 0 Å². The Morgan fingerprint density at radius 3 is 2.69 bits per heavy atom. The summed E-state index contributed by atoms with van der Waals surface area (Å²) < 4.78 is 20.0. The predicted molar refractivity (Wildman–Crippen MR) is 110 cm³/mol. The quantitative estimate of drug-likeness (QED) is 0.838. The van der Waals surface area contributed by atoms with E-state index in [9.17, 15) is 14.0 Å². The van der Waals surface area contributed by atoms with E-state index in [1.165, 1.54) is 6.07 Å². The molecule has 4 rings (SSSR count). The van der Waals surface area contributed by atoms with E-state index in [4.69, 9.17) is 4.74 Å². The predicted octanol–water partition coefficient (Wildman–Crippen LogP) is 3.57. The van der Waals surface area contributed by atoms with Gasteiger partial charge in [0.2, 0.25) is 5.91 Å². The van der Waals surface area contributed by atoms with Crippen molar-refractivity contribution in [1.29, 1.82) is 0 Å². The number of halogens is 1. The maximum Gasteiger partial charge on any atom is 0.267 e. The third-order valence-corrected chi connectivity index (χ3v) is 5.31. The molecule has 152 valence electrons. The topological polar surface area (TPSA) is 61.9 Å². The molecule has 1 unspecified atom stereocenters. The van der Waals surface area contributed by atoms with Gasteiger partial charge in [-0.3, -0.25) is 9.59 Å². The van der Waals surface area contributed by atoms with Crippen molar-refractivity contribution in [2.75, 3.05) is 34.8 Å². The molecule has 1 atom stereocenters. The second kappa shape index (κ2) is 8.11. The number of anilines is 3. The molecule has 0 aliphatic carbocycles. The molecule has 6 nitrogen and oxygen atoms in total. The Hall–Kier alpha value is -3.09. The lowest BCUT2D eigenvalue weighted by Gasteiger charge is -2.32. The van der Waals surface area contributed by atoms with Gasteiger partial charge in [0.05, 0.1) is 11.4 Å². The summed E-state index contributed by atoms with van der Waals surface area (Å²) in [6, 6.07) is 12.0. The van der Waals surface area contributed by atoms with E-state index >= 15 is 0 Å². The van der Waals surface area contributed by atoms with Gasteiger partial charge < -0.3 is 19.9 Å². The molecule has 0 bridgehead atoms. The number of carbonyl (C=O) groups excluding carboxylic acids is 2. The number of rotatable bonds is 5. The van der Waals surface area contributed by atoms with Crippen LogP contribution < -0.4 is 19.9 Å². The molecule has 2 aliphatic heterocycles. The fourth-order valence-electron chi connectivity index (χ4n) is 3.83. The highest BCUT2D eigenvalue weighted by Crippen LogP contribution is 2.33. The van der Waals surface area contributed by atoms with Crippen LogP contribution in [0.15, 0.2) is 42.5 Å². The van der Waals surface area contributed by atoms with Gasteiger partial charge in [-0.05, 0) is 50.1 Å². The molecule has 7 heteroatoms. The zero-order chi connectivity index (χ0) is 20.4. The average Bonchev–Trinajstić information content (AvgIpc) is 3.23. The van der Waals surface area contributed by atoms with Crippen LogP contribution in [-0.4, -0.2) is 37.6 Å². The van der Waals surface area contributed by atoms with E-state index in [0.717, 1.165) is 25.9 Å². The highest BCUT2D eigenvalue weighted by atomic mass is 19.1. The zero-order valence-corrected chi connectivity index (χ0v) is 16.4. The second-order valence-electron chi connectivity index (χ2n) is 7.38. The summed E-state index contributed by atoms with van der Waals surface area (Å²) in [4.78, 5) is 28.5. The van der Waals surface area contributed by atoms with E-state index in [1.807, 2.05) is 17.0 Å². The van der Waals surface area contributed by atoms with Crippen LogP contribution in [0, 0.1) is 5.82 Å². The molecular formula is C22H24FN3O3. The number of nitrogens with zero attached hydrogens (tertiary/aromatic N) is 2. The molecule has 0 radical (unpaired) electrons. The van der Waals surface area contributed by atoms with Gasteiger partial charge in [-0.25, -0.2) is 4.39 Å². The average molecular weight is 397 g/mol. The lowest BCUT2D eigenvalue weighted by molar-refractivity contribution is -0.125. The summed E-state index contributed by atoms with van der Waals surface area (Å²) in [6.07, 6.45) is 1.64. The van der Waals surface area contributed by atoms with Crippen LogP contribution in [0.5, 0.6) is 5.75 Å². The Bertz CT molecular complexity index is 927. The molecule has 1 fully saturated rings. The third-order valence-electron chi connectivity index (χ3n) is 5.31. The monoisotopic (exact) mass is 397 g/mol. The van der Waals surface area contributed by atoms with Gasteiger partial charge in [-0.1, -0.05) is 12.1 Å². The second-order valence-corrected chi connectivity index (χ2v) is 7.38. The Kier molecular flexibility index (Phi) is 5.38. The van der Waals surface area contributed by atoms with Crippen molar-refractivity contribution in [2.24, 2.45) is 0 Å². The van der Waals surface area contributed by atoms with E-state index in [0.29, 0.717) is 22.8 Å². The van der Waals surface area contributed by atoms with Crippen LogP contribution in [0.4, 0.5) is 21.5 Å². The summed E-state index contributed by atoms with van der Waals surface area (Å²) in [5, 5.41) is 2.72. The Morgan fingerprint density at radius 2 is 1.93 bits per heavy atom. The number of carbonyl (C=O) groups is 2. The maximum absolute atomic E-state index is 14.4. The fourth-order valence-corrected chi connectivity index (χ4v) is 3.83. The van der Waals surface area contributed by atoms with E-state index in [1.54, 1.807) is 36.1 Å². The smallest absolute Gasteiger partial charge is 0.267 e. The van der Waals surface area contributed by atoms with Crippen LogP contribution in [-0.2, 0) is 9.59 Å². The van der Waals surface area contributed by atoms with Gasteiger partial charge in [0.25, 0.3) is 5.91 Å². The van der Waals surface area contributed by atoms with Crippen molar-refractivity contribution in [3.8, 4) is 5.75 Å². The highest BCUT2D eigenvalue weighted by molar-refractivity contribution is 6.00. The first-order valence-electron chi connectivity index (χ1n) is 9.94. The van der Waals surface area contributed by atoms with Gasteiger partial charge in [0, 0.05) is 31.7 Å². The van der Waals surface area contributed by atoms with Crippen LogP contribution in [0.1, 0.15) is 26.2 Å². The maximum atomic E-state index is 14.4. The lowest BCUT2D eigenvalue weighted by atomic mass is 10.1. The molecular weight excluding hydrogens is 373 g/mol. The normalized spacial score (nSPS) is 18.4. The number of fused-ring (bicyclic) bond motifs is 1. The van der Waals surface area contributed by atoms with Crippen molar-refractivity contribution in [3.05, 3.63) is 48.3 Å². The highest BCUT2D eigenvalue weighted by Gasteiger charge is 2.31. The Morgan fingerprint density at radius 1 is 1.17 bits per heavy atom. The molecule has 0 saturated carbocycles. The number of hydrogen-bond acceptors (Lipinski definition) is 4. The number of amides is 2. The number of hydrogen-bond donors (Lipinski definition) is 1. The molecule has 2 aliphatic rings. The SMILES string of the molecule is CC1Oc2ccccc2N(CCC(=O)Nc2ccc(N3CCCC3)c(F)c2)C1=O. The molecule has 29 heavy (non-hydrogen) atoms. The van der Waals surface area contributed by atoms with E-state index in [-0.39, 0.29) is 30.6 Å². The summed E-state index contributed by atoms with van der Waals surface area (Å²) >= 11 is 0. The summed E-state index contributed by atoms with van der Waals surface area (Å²) in [5.41, 5.74) is 1.65. The molecule has 2 aromatic carbocycles. The molecule has 2 heterocycles. The van der Waals surface area contributed by atoms with Crippen LogP contribution in [0.25, 0.3) is 0 Å². The summed E-state index contributed by atoms with van der Waals surface area (Å²) in [6.45, 7) is 3.63. The van der Waals surface area contributed by atoms with Gasteiger partial charge in [-0.15, -0.1) is 0 Å². The Balaban J connectivity index is 1.39. The minimum absolute atomic E-state index is 0.0995. The first-order valence-corrected chi connectivity index (χ1v) is 9.94. The minimum Gasteiger partial charge on any atom is -0.479 e. The van der Waals surface area contributed by atoms with Crippen LogP contribution in [0.3, 0.4) is 0 Å². The minimum atomic E-state index is -0.597. The van der Waals surface area contributed by atoms with Gasteiger partial charge in [0.1, 0.15) is 11.6 Å².